The lowest BCUT2D eigenvalue weighted by atomic mass is 10.2. The maximum Gasteiger partial charge on any atom is 0.237 e. The van der Waals surface area contributed by atoms with Gasteiger partial charge in [-0.05, 0) is 13.3 Å². The standard InChI is InChI=1S/C11H17N3O2S/c1-7-12-5-9(17-7)6-14-11(15)10-3-8(16-2)4-13-10/h5,8,10,13H,3-4,6H2,1-2H3,(H,14,15). The number of nitrogens with one attached hydrogen (secondary N) is 2. The van der Waals surface area contributed by atoms with E-state index in [0.29, 0.717) is 6.54 Å². The summed E-state index contributed by atoms with van der Waals surface area (Å²) in [7, 11) is 1.67. The van der Waals surface area contributed by atoms with Crippen LogP contribution in [0, 0.1) is 6.92 Å². The van der Waals surface area contributed by atoms with Crippen molar-refractivity contribution in [1.29, 1.82) is 0 Å². The maximum absolute atomic E-state index is 11.8. The summed E-state index contributed by atoms with van der Waals surface area (Å²) in [5.41, 5.74) is 0. The van der Waals surface area contributed by atoms with Gasteiger partial charge in [-0.3, -0.25) is 4.79 Å². The van der Waals surface area contributed by atoms with Gasteiger partial charge in [0, 0.05) is 24.7 Å². The van der Waals surface area contributed by atoms with Gasteiger partial charge in [-0.1, -0.05) is 0 Å². The monoisotopic (exact) mass is 255 g/mol. The summed E-state index contributed by atoms with van der Waals surface area (Å²) >= 11 is 1.61. The highest BCUT2D eigenvalue weighted by atomic mass is 32.1. The first kappa shape index (κ1) is 12.5. The van der Waals surface area contributed by atoms with Gasteiger partial charge < -0.3 is 15.4 Å². The molecule has 2 heterocycles. The van der Waals surface area contributed by atoms with Gasteiger partial charge in [0.1, 0.15) is 0 Å². The lowest BCUT2D eigenvalue weighted by Crippen LogP contribution is -2.39. The Morgan fingerprint density at radius 2 is 2.59 bits per heavy atom. The van der Waals surface area contributed by atoms with Crippen LogP contribution in [-0.2, 0) is 16.1 Å². The summed E-state index contributed by atoms with van der Waals surface area (Å²) in [6.45, 7) is 3.26. The molecule has 1 amide bonds. The molecule has 2 atom stereocenters. The zero-order chi connectivity index (χ0) is 12.3. The lowest BCUT2D eigenvalue weighted by molar-refractivity contribution is -0.123. The van der Waals surface area contributed by atoms with Gasteiger partial charge in [0.05, 0.1) is 23.7 Å². The second-order valence-corrected chi connectivity index (χ2v) is 5.44. The third kappa shape index (κ3) is 3.24. The Labute approximate surface area is 105 Å². The third-order valence-electron chi connectivity index (χ3n) is 2.85. The molecular weight excluding hydrogens is 238 g/mol. The minimum Gasteiger partial charge on any atom is -0.380 e. The van der Waals surface area contributed by atoms with E-state index in [1.165, 1.54) is 0 Å². The molecule has 2 unspecified atom stereocenters. The Bertz CT molecular complexity index is 394. The minimum atomic E-state index is -0.131. The maximum atomic E-state index is 11.8. The van der Waals surface area contributed by atoms with Crippen molar-refractivity contribution < 1.29 is 9.53 Å². The molecule has 1 aromatic heterocycles. The van der Waals surface area contributed by atoms with E-state index in [4.69, 9.17) is 4.74 Å². The molecule has 0 spiro atoms. The Kier molecular flexibility index (Phi) is 4.09. The quantitative estimate of drug-likeness (QED) is 0.820. The number of carbonyl (C=O) groups is 1. The van der Waals surface area contributed by atoms with Gasteiger partial charge in [0.15, 0.2) is 0 Å². The number of rotatable bonds is 4. The molecule has 6 heteroatoms. The van der Waals surface area contributed by atoms with Crippen LogP contribution in [0.1, 0.15) is 16.3 Å². The van der Waals surface area contributed by atoms with Crippen LogP contribution in [-0.4, -0.2) is 36.7 Å². The van der Waals surface area contributed by atoms with Crippen LogP contribution in [0.2, 0.25) is 0 Å². The Balaban J connectivity index is 1.78. The largest absolute Gasteiger partial charge is 0.380 e. The van der Waals surface area contributed by atoms with Gasteiger partial charge >= 0.3 is 0 Å². The Hall–Kier alpha value is -0.980. The first-order chi connectivity index (χ1) is 8.19. The van der Waals surface area contributed by atoms with Crippen molar-refractivity contribution in [3.8, 4) is 0 Å². The molecule has 1 aromatic rings. The van der Waals surface area contributed by atoms with Gasteiger partial charge in [0.25, 0.3) is 0 Å². The topological polar surface area (TPSA) is 63.2 Å². The fraction of sp³-hybridized carbons (Fsp3) is 0.636. The number of hydrogen-bond acceptors (Lipinski definition) is 5. The summed E-state index contributed by atoms with van der Waals surface area (Å²) in [5, 5.41) is 7.08. The molecule has 5 nitrogen and oxygen atoms in total. The van der Waals surface area contributed by atoms with Crippen molar-refractivity contribution in [2.75, 3.05) is 13.7 Å². The number of carbonyl (C=O) groups excluding carboxylic acids is 1. The zero-order valence-electron chi connectivity index (χ0n) is 10.0. The lowest BCUT2D eigenvalue weighted by Gasteiger charge is -2.10. The van der Waals surface area contributed by atoms with Gasteiger partial charge in [-0.2, -0.15) is 0 Å². The number of nitrogens with zero attached hydrogens (tertiary/aromatic N) is 1. The number of aryl methyl sites for hydroxylation is 1. The van der Waals surface area contributed by atoms with Crippen LogP contribution in [0.25, 0.3) is 0 Å². The van der Waals surface area contributed by atoms with Crippen molar-refractivity contribution in [2.24, 2.45) is 0 Å². The molecular formula is C11H17N3O2S. The fourth-order valence-corrected chi connectivity index (χ4v) is 2.60. The third-order valence-corrected chi connectivity index (χ3v) is 3.76. The van der Waals surface area contributed by atoms with Crippen molar-refractivity contribution >= 4 is 17.2 Å². The van der Waals surface area contributed by atoms with E-state index in [9.17, 15) is 4.79 Å². The summed E-state index contributed by atoms with van der Waals surface area (Å²) in [5.74, 6) is 0.0376. The Morgan fingerprint density at radius 3 is 3.18 bits per heavy atom. The number of aromatic nitrogens is 1. The molecule has 2 N–H and O–H groups in total. The predicted molar refractivity (Wildman–Crippen MR) is 65.9 cm³/mol. The average molecular weight is 255 g/mol. The van der Waals surface area contributed by atoms with Crippen molar-refractivity contribution in [3.63, 3.8) is 0 Å². The first-order valence-corrected chi connectivity index (χ1v) is 6.46. The second-order valence-electron chi connectivity index (χ2n) is 4.12. The van der Waals surface area contributed by atoms with E-state index in [-0.39, 0.29) is 18.1 Å². The molecule has 94 valence electrons. The SMILES string of the molecule is COC1CNC(C(=O)NCc2cnc(C)s2)C1. The highest BCUT2D eigenvalue weighted by Crippen LogP contribution is 2.12. The van der Waals surface area contributed by atoms with Crippen LogP contribution in [0.4, 0.5) is 0 Å². The molecule has 0 radical (unpaired) electrons. The highest BCUT2D eigenvalue weighted by molar-refractivity contribution is 7.11. The molecule has 0 bridgehead atoms. The number of thiazole rings is 1. The van der Waals surface area contributed by atoms with E-state index >= 15 is 0 Å². The zero-order valence-corrected chi connectivity index (χ0v) is 10.8. The second kappa shape index (κ2) is 5.57. The van der Waals surface area contributed by atoms with E-state index in [0.717, 1.165) is 22.9 Å². The Morgan fingerprint density at radius 1 is 1.76 bits per heavy atom. The van der Waals surface area contributed by atoms with E-state index in [1.807, 2.05) is 6.92 Å². The van der Waals surface area contributed by atoms with Crippen LogP contribution in [0.3, 0.4) is 0 Å². The number of hydrogen-bond donors (Lipinski definition) is 2. The number of amides is 1. The predicted octanol–water partition coefficient (Wildman–Crippen LogP) is 0.445. The van der Waals surface area contributed by atoms with Gasteiger partial charge in [-0.15, -0.1) is 11.3 Å². The summed E-state index contributed by atoms with van der Waals surface area (Å²) in [6, 6.07) is -0.131. The molecule has 1 fully saturated rings. The average Bonchev–Trinajstić information content (AvgIpc) is 2.94. The molecule has 0 saturated carbocycles. The van der Waals surface area contributed by atoms with E-state index in [1.54, 1.807) is 24.6 Å². The molecule has 0 aromatic carbocycles. The van der Waals surface area contributed by atoms with Crippen LogP contribution >= 0.6 is 11.3 Å². The van der Waals surface area contributed by atoms with Gasteiger partial charge in [-0.25, -0.2) is 4.98 Å². The van der Waals surface area contributed by atoms with Gasteiger partial charge in [0.2, 0.25) is 5.91 Å². The van der Waals surface area contributed by atoms with Crippen molar-refractivity contribution in [3.05, 3.63) is 16.1 Å². The summed E-state index contributed by atoms with van der Waals surface area (Å²) in [6.07, 6.45) is 2.70. The van der Waals surface area contributed by atoms with E-state index in [2.05, 4.69) is 15.6 Å². The molecule has 2 rings (SSSR count). The first-order valence-electron chi connectivity index (χ1n) is 5.64. The molecule has 1 saturated heterocycles. The van der Waals surface area contributed by atoms with Crippen molar-refractivity contribution in [2.45, 2.75) is 32.0 Å². The highest BCUT2D eigenvalue weighted by Gasteiger charge is 2.28. The summed E-state index contributed by atoms with van der Waals surface area (Å²) < 4.78 is 5.21. The van der Waals surface area contributed by atoms with Crippen molar-refractivity contribution in [1.82, 2.24) is 15.6 Å². The molecule has 1 aliphatic rings. The molecule has 1 aliphatic heterocycles. The number of ether oxygens (including phenoxy) is 1. The normalized spacial score (nSPS) is 23.9. The smallest absolute Gasteiger partial charge is 0.237 e. The summed E-state index contributed by atoms with van der Waals surface area (Å²) in [4.78, 5) is 17.1. The number of methoxy groups -OCH3 is 1. The van der Waals surface area contributed by atoms with Crippen LogP contribution in [0.15, 0.2) is 6.20 Å². The fourth-order valence-electron chi connectivity index (χ4n) is 1.87. The minimum absolute atomic E-state index is 0.0376. The molecule has 0 aliphatic carbocycles. The van der Waals surface area contributed by atoms with Crippen LogP contribution in [0.5, 0.6) is 0 Å². The van der Waals surface area contributed by atoms with E-state index < -0.39 is 0 Å². The molecule has 17 heavy (non-hydrogen) atoms. The van der Waals surface area contributed by atoms with Crippen LogP contribution < -0.4 is 10.6 Å².